The van der Waals surface area contributed by atoms with Crippen molar-refractivity contribution in [3.63, 3.8) is 0 Å². The molecule has 1 fully saturated rings. The van der Waals surface area contributed by atoms with Crippen LogP contribution >= 0.6 is 0 Å². The first-order valence-corrected chi connectivity index (χ1v) is 7.57. The van der Waals surface area contributed by atoms with Gasteiger partial charge < -0.3 is 15.3 Å². The van der Waals surface area contributed by atoms with Gasteiger partial charge >= 0.3 is 0 Å². The molecule has 4 heteroatoms. The number of hydrogen-bond acceptors (Lipinski definition) is 3. The quantitative estimate of drug-likeness (QED) is 0.527. The molecule has 0 atom stereocenters. The molecule has 0 aromatic carbocycles. The first kappa shape index (κ1) is 16.9. The number of allylic oxidation sites excluding steroid dienone is 2. The number of nitrogens with one attached hydrogen (secondary N) is 1. The van der Waals surface area contributed by atoms with E-state index in [-0.39, 0.29) is 12.5 Å². The molecule has 0 aromatic heterocycles. The van der Waals surface area contributed by atoms with Crippen molar-refractivity contribution in [3.05, 3.63) is 23.3 Å². The first-order chi connectivity index (χ1) is 9.63. The molecule has 1 saturated heterocycles. The molecule has 1 amide bonds. The highest BCUT2D eigenvalue weighted by Crippen LogP contribution is 2.07. The summed E-state index contributed by atoms with van der Waals surface area (Å²) in [5.74, 6) is 0.0352. The van der Waals surface area contributed by atoms with Gasteiger partial charge in [-0.25, -0.2) is 0 Å². The van der Waals surface area contributed by atoms with Crippen LogP contribution in [0, 0.1) is 0 Å². The van der Waals surface area contributed by atoms with Crippen molar-refractivity contribution in [2.45, 2.75) is 39.5 Å². The maximum absolute atomic E-state index is 11.9. The fourth-order valence-electron chi connectivity index (χ4n) is 2.34. The summed E-state index contributed by atoms with van der Waals surface area (Å²) in [6.07, 6.45) is 8.08. The van der Waals surface area contributed by atoms with Crippen molar-refractivity contribution >= 4 is 5.91 Å². The number of hydrogen-bond donors (Lipinski definition) is 2. The Kier molecular flexibility index (Phi) is 8.23. The third kappa shape index (κ3) is 6.87. The Bertz CT molecular complexity index is 355. The van der Waals surface area contributed by atoms with Crippen LogP contribution in [0.1, 0.15) is 39.5 Å². The van der Waals surface area contributed by atoms with Crippen molar-refractivity contribution in [2.24, 2.45) is 0 Å². The number of likely N-dealkylation sites (tertiary alicyclic amines) is 1. The number of amides is 1. The number of aliphatic hydroxyl groups excluding tert-OH is 1. The minimum absolute atomic E-state index is 0.0352. The minimum atomic E-state index is 0.0352. The standard InChI is InChI=1S/C16H28N2O2/c1-14(8-13-19)6-5-7-15(2)16(20)17-9-12-18-10-3-4-11-18/h7-8,19H,3-6,9-13H2,1-2H3,(H,17,20). The summed E-state index contributed by atoms with van der Waals surface area (Å²) in [5, 5.41) is 11.7. The highest BCUT2D eigenvalue weighted by molar-refractivity contribution is 5.92. The van der Waals surface area contributed by atoms with E-state index in [1.165, 1.54) is 25.9 Å². The molecule has 0 spiro atoms. The van der Waals surface area contributed by atoms with E-state index < -0.39 is 0 Å². The van der Waals surface area contributed by atoms with Crippen molar-refractivity contribution < 1.29 is 9.90 Å². The molecule has 1 rings (SSSR count). The predicted molar refractivity (Wildman–Crippen MR) is 82.5 cm³/mol. The average Bonchev–Trinajstić information content (AvgIpc) is 2.92. The molecular formula is C16H28N2O2. The van der Waals surface area contributed by atoms with E-state index in [2.05, 4.69) is 10.2 Å². The summed E-state index contributed by atoms with van der Waals surface area (Å²) in [6.45, 7) is 7.96. The van der Waals surface area contributed by atoms with Crippen molar-refractivity contribution in [1.82, 2.24) is 10.2 Å². The molecule has 1 aliphatic heterocycles. The van der Waals surface area contributed by atoms with Gasteiger partial charge in [-0.2, -0.15) is 0 Å². The van der Waals surface area contributed by atoms with E-state index in [0.29, 0.717) is 0 Å². The van der Waals surface area contributed by atoms with E-state index in [1.54, 1.807) is 6.08 Å². The van der Waals surface area contributed by atoms with Gasteiger partial charge in [-0.1, -0.05) is 17.7 Å². The topological polar surface area (TPSA) is 52.6 Å². The lowest BCUT2D eigenvalue weighted by atomic mass is 10.1. The molecule has 1 aliphatic rings. The molecule has 114 valence electrons. The molecule has 20 heavy (non-hydrogen) atoms. The second kappa shape index (κ2) is 9.72. The summed E-state index contributed by atoms with van der Waals surface area (Å²) in [4.78, 5) is 14.3. The number of rotatable bonds is 8. The van der Waals surface area contributed by atoms with Gasteiger partial charge in [0.1, 0.15) is 0 Å². The maximum Gasteiger partial charge on any atom is 0.246 e. The van der Waals surface area contributed by atoms with Crippen LogP contribution in [0.3, 0.4) is 0 Å². The summed E-state index contributed by atoms with van der Waals surface area (Å²) < 4.78 is 0. The second-order valence-electron chi connectivity index (χ2n) is 5.46. The van der Waals surface area contributed by atoms with Crippen LogP contribution in [0.4, 0.5) is 0 Å². The first-order valence-electron chi connectivity index (χ1n) is 7.57. The Balaban J connectivity index is 2.18. The van der Waals surface area contributed by atoms with Gasteiger partial charge in [-0.05, 0) is 52.6 Å². The summed E-state index contributed by atoms with van der Waals surface area (Å²) >= 11 is 0. The molecule has 1 heterocycles. The lowest BCUT2D eigenvalue weighted by molar-refractivity contribution is -0.117. The van der Waals surface area contributed by atoms with Crippen LogP contribution in [0.5, 0.6) is 0 Å². The second-order valence-corrected chi connectivity index (χ2v) is 5.46. The van der Waals surface area contributed by atoms with Crippen LogP contribution < -0.4 is 5.32 Å². The van der Waals surface area contributed by atoms with Gasteiger partial charge in [0.2, 0.25) is 5.91 Å². The van der Waals surface area contributed by atoms with Gasteiger partial charge in [0, 0.05) is 18.7 Å². The Morgan fingerprint density at radius 3 is 2.60 bits per heavy atom. The van der Waals surface area contributed by atoms with Crippen LogP contribution in [0.15, 0.2) is 23.3 Å². The summed E-state index contributed by atoms with van der Waals surface area (Å²) in [6, 6.07) is 0. The molecule has 0 bridgehead atoms. The van der Waals surface area contributed by atoms with E-state index in [9.17, 15) is 4.79 Å². The molecule has 0 unspecified atom stereocenters. The predicted octanol–water partition coefficient (Wildman–Crippen LogP) is 1.86. The monoisotopic (exact) mass is 280 g/mol. The Labute approximate surface area is 122 Å². The highest BCUT2D eigenvalue weighted by atomic mass is 16.2. The van der Waals surface area contributed by atoms with Crippen LogP contribution in [0.2, 0.25) is 0 Å². The molecule has 4 nitrogen and oxygen atoms in total. The van der Waals surface area contributed by atoms with Crippen molar-refractivity contribution in [3.8, 4) is 0 Å². The van der Waals surface area contributed by atoms with Gasteiger partial charge in [-0.3, -0.25) is 4.79 Å². The molecule has 0 saturated carbocycles. The molecule has 0 aliphatic carbocycles. The van der Waals surface area contributed by atoms with E-state index in [0.717, 1.165) is 37.1 Å². The van der Waals surface area contributed by atoms with E-state index in [1.807, 2.05) is 19.9 Å². The van der Waals surface area contributed by atoms with Crippen LogP contribution in [-0.4, -0.2) is 48.7 Å². The fourth-order valence-corrected chi connectivity index (χ4v) is 2.34. The zero-order valence-corrected chi connectivity index (χ0v) is 12.8. The van der Waals surface area contributed by atoms with Crippen LogP contribution in [-0.2, 0) is 4.79 Å². The molecular weight excluding hydrogens is 252 g/mol. The molecule has 0 radical (unpaired) electrons. The van der Waals surface area contributed by atoms with Crippen LogP contribution in [0.25, 0.3) is 0 Å². The number of carbonyl (C=O) groups is 1. The van der Waals surface area contributed by atoms with Gasteiger partial charge in [0.15, 0.2) is 0 Å². The van der Waals surface area contributed by atoms with Crippen molar-refractivity contribution in [2.75, 3.05) is 32.8 Å². The minimum Gasteiger partial charge on any atom is -0.392 e. The Morgan fingerprint density at radius 2 is 1.95 bits per heavy atom. The average molecular weight is 280 g/mol. The van der Waals surface area contributed by atoms with E-state index >= 15 is 0 Å². The molecule has 2 N–H and O–H groups in total. The lowest BCUT2D eigenvalue weighted by Gasteiger charge is -2.14. The zero-order chi connectivity index (χ0) is 14.8. The number of carbonyl (C=O) groups excluding carboxylic acids is 1. The van der Waals surface area contributed by atoms with Crippen molar-refractivity contribution in [1.29, 1.82) is 0 Å². The fraction of sp³-hybridized carbons (Fsp3) is 0.688. The normalized spacial score (nSPS) is 17.6. The largest absolute Gasteiger partial charge is 0.392 e. The Hall–Kier alpha value is -1.13. The number of nitrogens with zero attached hydrogens (tertiary/aromatic N) is 1. The number of aliphatic hydroxyl groups is 1. The summed E-state index contributed by atoms with van der Waals surface area (Å²) in [7, 11) is 0. The smallest absolute Gasteiger partial charge is 0.246 e. The Morgan fingerprint density at radius 1 is 1.25 bits per heavy atom. The maximum atomic E-state index is 11.9. The van der Waals surface area contributed by atoms with Gasteiger partial charge in [0.25, 0.3) is 0 Å². The third-order valence-electron chi connectivity index (χ3n) is 3.70. The highest BCUT2D eigenvalue weighted by Gasteiger charge is 2.11. The third-order valence-corrected chi connectivity index (χ3v) is 3.70. The SMILES string of the molecule is CC(=CCO)CCC=C(C)C(=O)NCCN1CCCC1. The van der Waals surface area contributed by atoms with Gasteiger partial charge in [-0.15, -0.1) is 0 Å². The zero-order valence-electron chi connectivity index (χ0n) is 12.8. The van der Waals surface area contributed by atoms with E-state index in [4.69, 9.17) is 5.11 Å². The molecule has 0 aromatic rings. The van der Waals surface area contributed by atoms with Gasteiger partial charge in [0.05, 0.1) is 6.61 Å². The lowest BCUT2D eigenvalue weighted by Crippen LogP contribution is -2.33. The summed E-state index contributed by atoms with van der Waals surface area (Å²) in [5.41, 5.74) is 1.94.